The first-order valence-corrected chi connectivity index (χ1v) is 8.07. The van der Waals surface area contributed by atoms with Crippen LogP contribution in [0, 0.1) is 6.92 Å². The lowest BCUT2D eigenvalue weighted by atomic mass is 10.1. The van der Waals surface area contributed by atoms with Crippen molar-refractivity contribution in [1.82, 2.24) is 4.98 Å². The number of amides is 1. The third-order valence-corrected chi connectivity index (χ3v) is 4.00. The summed E-state index contributed by atoms with van der Waals surface area (Å²) < 4.78 is 5.26. The summed E-state index contributed by atoms with van der Waals surface area (Å²) >= 11 is 0. The minimum Gasteiger partial charge on any atom is -0.497 e. The monoisotopic (exact) mass is 336 g/mol. The van der Waals surface area contributed by atoms with Crippen molar-refractivity contribution in [3.8, 4) is 5.75 Å². The molecule has 0 fully saturated rings. The van der Waals surface area contributed by atoms with Crippen LogP contribution in [0.3, 0.4) is 0 Å². The highest BCUT2D eigenvalue weighted by atomic mass is 16.5. The van der Waals surface area contributed by atoms with E-state index in [9.17, 15) is 4.79 Å². The Morgan fingerprint density at radius 3 is 2.60 bits per heavy atom. The average molecular weight is 336 g/mol. The molecule has 0 saturated heterocycles. The number of carbonyl (C=O) groups excluding carboxylic acids is 1. The number of aliphatic hydroxyl groups is 1. The van der Waals surface area contributed by atoms with Gasteiger partial charge < -0.3 is 15.2 Å². The van der Waals surface area contributed by atoms with Gasteiger partial charge in [0, 0.05) is 23.4 Å². The van der Waals surface area contributed by atoms with E-state index in [0.717, 1.165) is 22.2 Å². The number of rotatable bonds is 5. The predicted molar refractivity (Wildman–Crippen MR) is 98.2 cm³/mol. The van der Waals surface area contributed by atoms with Crippen LogP contribution in [0.15, 0.2) is 48.5 Å². The Balaban J connectivity index is 1.93. The highest BCUT2D eigenvalue weighted by Crippen LogP contribution is 2.24. The van der Waals surface area contributed by atoms with Crippen LogP contribution in [-0.4, -0.2) is 29.7 Å². The molecule has 3 aromatic rings. The van der Waals surface area contributed by atoms with Gasteiger partial charge >= 0.3 is 0 Å². The lowest BCUT2D eigenvalue weighted by Crippen LogP contribution is -2.13. The van der Waals surface area contributed by atoms with Gasteiger partial charge in [-0.2, -0.15) is 0 Å². The van der Waals surface area contributed by atoms with Gasteiger partial charge in [-0.1, -0.05) is 12.1 Å². The summed E-state index contributed by atoms with van der Waals surface area (Å²) in [6.07, 6.45) is 0.599. The summed E-state index contributed by atoms with van der Waals surface area (Å²) in [5, 5.41) is 12.6. The summed E-state index contributed by atoms with van der Waals surface area (Å²) in [4.78, 5) is 17.2. The van der Waals surface area contributed by atoms with Gasteiger partial charge in [-0.3, -0.25) is 9.78 Å². The number of anilines is 1. The number of aliphatic hydroxyl groups excluding tert-OH is 1. The first-order chi connectivity index (χ1) is 12.1. The van der Waals surface area contributed by atoms with Crippen LogP contribution in [0.2, 0.25) is 0 Å². The van der Waals surface area contributed by atoms with E-state index < -0.39 is 0 Å². The van der Waals surface area contributed by atoms with E-state index >= 15 is 0 Å². The average Bonchev–Trinajstić information content (AvgIpc) is 2.62. The molecule has 0 saturated carbocycles. The molecule has 0 radical (unpaired) electrons. The standard InChI is InChI=1S/C20H20N2O3/c1-13-11-18(17-12-16(25-2)7-8-19(17)21-13)20(24)22-15-5-3-14(4-6-15)9-10-23/h3-8,11-12,23H,9-10H2,1-2H3,(H,22,24). The maximum absolute atomic E-state index is 12.8. The highest BCUT2D eigenvalue weighted by molar-refractivity contribution is 6.12. The van der Waals surface area contributed by atoms with Gasteiger partial charge in [-0.15, -0.1) is 0 Å². The number of pyridine rings is 1. The molecule has 128 valence electrons. The van der Waals surface area contributed by atoms with E-state index in [1.165, 1.54) is 0 Å². The maximum atomic E-state index is 12.8. The zero-order chi connectivity index (χ0) is 17.8. The van der Waals surface area contributed by atoms with Crippen molar-refractivity contribution in [3.05, 3.63) is 65.4 Å². The number of nitrogens with zero attached hydrogens (tertiary/aromatic N) is 1. The van der Waals surface area contributed by atoms with Crippen LogP contribution in [0.5, 0.6) is 5.75 Å². The molecule has 1 amide bonds. The van der Waals surface area contributed by atoms with Gasteiger partial charge in [-0.05, 0) is 55.3 Å². The molecule has 3 rings (SSSR count). The third kappa shape index (κ3) is 3.78. The number of nitrogens with one attached hydrogen (secondary N) is 1. The number of ether oxygens (including phenoxy) is 1. The smallest absolute Gasteiger partial charge is 0.256 e. The molecule has 25 heavy (non-hydrogen) atoms. The van der Waals surface area contributed by atoms with E-state index in [2.05, 4.69) is 10.3 Å². The maximum Gasteiger partial charge on any atom is 0.256 e. The van der Waals surface area contributed by atoms with Gasteiger partial charge in [0.1, 0.15) is 5.75 Å². The van der Waals surface area contributed by atoms with Crippen molar-refractivity contribution >= 4 is 22.5 Å². The first-order valence-electron chi connectivity index (χ1n) is 8.07. The quantitative estimate of drug-likeness (QED) is 0.749. The number of benzene rings is 2. The Labute approximate surface area is 146 Å². The Morgan fingerprint density at radius 2 is 1.92 bits per heavy atom. The molecule has 5 heteroatoms. The molecule has 2 N–H and O–H groups in total. The topological polar surface area (TPSA) is 71.5 Å². The van der Waals surface area contributed by atoms with Gasteiger partial charge in [-0.25, -0.2) is 0 Å². The van der Waals surface area contributed by atoms with Crippen molar-refractivity contribution in [2.75, 3.05) is 19.0 Å². The fourth-order valence-electron chi connectivity index (χ4n) is 2.73. The number of hydrogen-bond acceptors (Lipinski definition) is 4. The molecule has 0 atom stereocenters. The molecular weight excluding hydrogens is 316 g/mol. The molecule has 0 unspecified atom stereocenters. The van der Waals surface area contributed by atoms with Crippen molar-refractivity contribution in [3.63, 3.8) is 0 Å². The molecule has 0 aliphatic rings. The number of carbonyl (C=O) groups is 1. The number of hydrogen-bond donors (Lipinski definition) is 2. The molecule has 0 aliphatic heterocycles. The zero-order valence-corrected chi connectivity index (χ0v) is 14.2. The van der Waals surface area contributed by atoms with Gasteiger partial charge in [0.2, 0.25) is 0 Å². The van der Waals surface area contributed by atoms with Crippen LogP contribution in [0.1, 0.15) is 21.6 Å². The molecule has 2 aromatic carbocycles. The lowest BCUT2D eigenvalue weighted by Gasteiger charge is -2.11. The second-order valence-electron chi connectivity index (χ2n) is 5.82. The molecule has 1 heterocycles. The number of fused-ring (bicyclic) bond motifs is 1. The second kappa shape index (κ2) is 7.32. The summed E-state index contributed by atoms with van der Waals surface area (Å²) in [5.74, 6) is 0.485. The summed E-state index contributed by atoms with van der Waals surface area (Å²) in [5.41, 5.74) is 3.82. The van der Waals surface area contributed by atoms with Crippen LogP contribution in [0.25, 0.3) is 10.9 Å². The normalized spacial score (nSPS) is 10.7. The van der Waals surface area contributed by atoms with E-state index in [-0.39, 0.29) is 12.5 Å². The SMILES string of the molecule is COc1ccc2nc(C)cc(C(=O)Nc3ccc(CCO)cc3)c2c1. The summed E-state index contributed by atoms with van der Waals surface area (Å²) in [6.45, 7) is 1.97. The number of aromatic nitrogens is 1. The van der Waals surface area contributed by atoms with E-state index in [0.29, 0.717) is 23.4 Å². The van der Waals surface area contributed by atoms with Crippen LogP contribution in [-0.2, 0) is 6.42 Å². The van der Waals surface area contributed by atoms with Gasteiger partial charge in [0.25, 0.3) is 5.91 Å². The van der Waals surface area contributed by atoms with Crippen molar-refractivity contribution in [2.45, 2.75) is 13.3 Å². The Bertz CT molecular complexity index is 905. The van der Waals surface area contributed by atoms with E-state index in [1.807, 2.05) is 49.4 Å². The van der Waals surface area contributed by atoms with Crippen LogP contribution in [0.4, 0.5) is 5.69 Å². The Hall–Kier alpha value is -2.92. The fraction of sp³-hybridized carbons (Fsp3) is 0.200. The summed E-state index contributed by atoms with van der Waals surface area (Å²) in [6, 6.07) is 14.7. The molecule has 0 bridgehead atoms. The van der Waals surface area contributed by atoms with Crippen LogP contribution >= 0.6 is 0 Å². The third-order valence-electron chi connectivity index (χ3n) is 4.00. The first kappa shape index (κ1) is 16.9. The van der Waals surface area contributed by atoms with E-state index in [1.54, 1.807) is 13.2 Å². The largest absolute Gasteiger partial charge is 0.497 e. The Morgan fingerprint density at radius 1 is 1.16 bits per heavy atom. The number of methoxy groups -OCH3 is 1. The molecule has 0 spiro atoms. The van der Waals surface area contributed by atoms with Crippen molar-refractivity contribution in [1.29, 1.82) is 0 Å². The molecule has 5 nitrogen and oxygen atoms in total. The van der Waals surface area contributed by atoms with E-state index in [4.69, 9.17) is 9.84 Å². The highest BCUT2D eigenvalue weighted by Gasteiger charge is 2.13. The van der Waals surface area contributed by atoms with Crippen molar-refractivity contribution in [2.24, 2.45) is 0 Å². The second-order valence-corrected chi connectivity index (χ2v) is 5.82. The van der Waals surface area contributed by atoms with Gasteiger partial charge in [0.05, 0.1) is 18.2 Å². The number of aryl methyl sites for hydroxylation is 1. The van der Waals surface area contributed by atoms with Crippen molar-refractivity contribution < 1.29 is 14.6 Å². The van der Waals surface area contributed by atoms with Gasteiger partial charge in [0.15, 0.2) is 0 Å². The minimum atomic E-state index is -0.196. The zero-order valence-electron chi connectivity index (χ0n) is 14.2. The minimum absolute atomic E-state index is 0.107. The fourth-order valence-corrected chi connectivity index (χ4v) is 2.73. The van der Waals surface area contributed by atoms with Crippen LogP contribution < -0.4 is 10.1 Å². The molecular formula is C20H20N2O3. The molecule has 0 aliphatic carbocycles. The lowest BCUT2D eigenvalue weighted by molar-refractivity contribution is 0.102. The molecule has 1 aromatic heterocycles. The predicted octanol–water partition coefficient (Wildman–Crippen LogP) is 3.34. The Kier molecular flexibility index (Phi) is 4.95. The summed E-state index contributed by atoms with van der Waals surface area (Å²) in [7, 11) is 1.59.